The second-order valence-electron chi connectivity index (χ2n) is 7.36. The summed E-state index contributed by atoms with van der Waals surface area (Å²) >= 11 is 0. The third-order valence-corrected chi connectivity index (χ3v) is 5.58. The zero-order valence-electron chi connectivity index (χ0n) is 15.6. The van der Waals surface area contributed by atoms with Gasteiger partial charge in [-0.15, -0.1) is 0 Å². The second kappa shape index (κ2) is 6.76. The molecule has 1 unspecified atom stereocenters. The number of benzene rings is 2. The van der Waals surface area contributed by atoms with Crippen molar-refractivity contribution in [2.75, 3.05) is 25.1 Å². The number of aryl methyl sites for hydroxylation is 1. The van der Waals surface area contributed by atoms with Crippen molar-refractivity contribution in [2.45, 2.75) is 38.3 Å². The van der Waals surface area contributed by atoms with Gasteiger partial charge >= 0.3 is 0 Å². The van der Waals surface area contributed by atoms with Gasteiger partial charge in [0.15, 0.2) is 6.54 Å². The van der Waals surface area contributed by atoms with Crippen molar-refractivity contribution in [1.29, 1.82) is 0 Å². The standard InChI is InChI=1S/C22H27N2O2/c1-17-7-11-19(12-8-17)24-21-6-4-3-5-15-23(21)16-22(24,25)18-9-13-20(26-2)14-10-18/h7-14,25H,3-6,15-16H2,1-2H3/q+1. The van der Waals surface area contributed by atoms with E-state index in [0.717, 1.165) is 30.0 Å². The number of rotatable bonds is 3. The van der Waals surface area contributed by atoms with E-state index in [2.05, 4.69) is 40.7 Å². The van der Waals surface area contributed by atoms with Crippen molar-refractivity contribution < 1.29 is 14.4 Å². The molecule has 2 aromatic rings. The molecule has 0 aliphatic carbocycles. The summed E-state index contributed by atoms with van der Waals surface area (Å²) in [6.45, 7) is 3.70. The van der Waals surface area contributed by atoms with Crippen LogP contribution in [0.25, 0.3) is 0 Å². The third kappa shape index (κ3) is 2.88. The molecule has 0 bridgehead atoms. The lowest BCUT2D eigenvalue weighted by molar-refractivity contribution is -0.534. The first-order valence-electron chi connectivity index (χ1n) is 9.46. The monoisotopic (exact) mass is 351 g/mol. The van der Waals surface area contributed by atoms with Crippen LogP contribution >= 0.6 is 0 Å². The first-order chi connectivity index (χ1) is 12.6. The highest BCUT2D eigenvalue weighted by atomic mass is 16.5. The molecule has 4 heteroatoms. The highest BCUT2D eigenvalue weighted by Crippen LogP contribution is 2.38. The lowest BCUT2D eigenvalue weighted by Crippen LogP contribution is -2.47. The Hall–Kier alpha value is -2.33. The topological polar surface area (TPSA) is 35.7 Å². The zero-order valence-corrected chi connectivity index (χ0v) is 15.6. The molecule has 0 radical (unpaired) electrons. The van der Waals surface area contributed by atoms with Crippen molar-refractivity contribution in [3.8, 4) is 5.75 Å². The maximum absolute atomic E-state index is 11.9. The smallest absolute Gasteiger partial charge is 0.275 e. The predicted octanol–water partition coefficient (Wildman–Crippen LogP) is 3.65. The lowest BCUT2D eigenvalue weighted by Gasteiger charge is -2.29. The molecule has 2 aromatic carbocycles. The Kier molecular flexibility index (Phi) is 4.45. The van der Waals surface area contributed by atoms with Crippen molar-refractivity contribution >= 4 is 11.5 Å². The van der Waals surface area contributed by atoms with E-state index in [-0.39, 0.29) is 0 Å². The number of methoxy groups -OCH3 is 1. The molecule has 0 aromatic heterocycles. The molecular weight excluding hydrogens is 324 g/mol. The summed E-state index contributed by atoms with van der Waals surface area (Å²) in [7, 11) is 1.66. The van der Waals surface area contributed by atoms with E-state index in [1.54, 1.807) is 7.11 Å². The molecule has 0 fully saturated rings. The number of nitrogens with zero attached hydrogens (tertiary/aromatic N) is 2. The number of ether oxygens (including phenoxy) is 1. The van der Waals surface area contributed by atoms with Gasteiger partial charge in [-0.05, 0) is 62.6 Å². The average Bonchev–Trinajstić information content (AvgIpc) is 2.80. The molecule has 0 spiro atoms. The van der Waals surface area contributed by atoms with Crippen molar-refractivity contribution in [3.63, 3.8) is 0 Å². The van der Waals surface area contributed by atoms with Crippen LogP contribution in [0.5, 0.6) is 5.75 Å². The van der Waals surface area contributed by atoms with Crippen molar-refractivity contribution in [1.82, 2.24) is 0 Å². The maximum atomic E-state index is 11.9. The summed E-state index contributed by atoms with van der Waals surface area (Å²) < 4.78 is 7.66. The van der Waals surface area contributed by atoms with Gasteiger partial charge in [0.2, 0.25) is 0 Å². The molecule has 4 rings (SSSR count). The van der Waals surface area contributed by atoms with Crippen LogP contribution in [0.1, 0.15) is 36.8 Å². The molecule has 2 aliphatic rings. The number of hydrogen-bond acceptors (Lipinski definition) is 3. The zero-order chi connectivity index (χ0) is 18.1. The van der Waals surface area contributed by atoms with Crippen LogP contribution < -0.4 is 9.64 Å². The van der Waals surface area contributed by atoms with Gasteiger partial charge < -0.3 is 9.84 Å². The largest absolute Gasteiger partial charge is 0.497 e. The summed E-state index contributed by atoms with van der Waals surface area (Å²) in [5.41, 5.74) is 2.12. The maximum Gasteiger partial charge on any atom is 0.275 e. The summed E-state index contributed by atoms with van der Waals surface area (Å²) in [5.74, 6) is 2.05. The van der Waals surface area contributed by atoms with Crippen LogP contribution in [-0.4, -0.2) is 35.7 Å². The van der Waals surface area contributed by atoms with E-state index in [4.69, 9.17) is 4.74 Å². The van der Waals surface area contributed by atoms with Crippen LogP contribution in [0.3, 0.4) is 0 Å². The van der Waals surface area contributed by atoms with Crippen molar-refractivity contribution in [2.24, 2.45) is 0 Å². The lowest BCUT2D eigenvalue weighted by atomic mass is 9.99. The molecule has 0 saturated carbocycles. The minimum atomic E-state index is -1.06. The van der Waals surface area contributed by atoms with Crippen LogP contribution in [-0.2, 0) is 5.72 Å². The SMILES string of the molecule is COc1ccc(C2(O)C[N+]3=C(CCCCC3)N2c2ccc(C)cc2)cc1. The molecular formula is C22H27N2O2+. The Morgan fingerprint density at radius 1 is 1.00 bits per heavy atom. The van der Waals surface area contributed by atoms with Gasteiger partial charge in [0.25, 0.3) is 11.6 Å². The van der Waals surface area contributed by atoms with E-state index in [0.29, 0.717) is 6.54 Å². The summed E-state index contributed by atoms with van der Waals surface area (Å²) in [6, 6.07) is 16.3. The third-order valence-electron chi connectivity index (χ3n) is 5.58. The number of hydrogen-bond donors (Lipinski definition) is 1. The second-order valence-corrected chi connectivity index (χ2v) is 7.36. The van der Waals surface area contributed by atoms with Gasteiger partial charge in [0, 0.05) is 12.0 Å². The molecule has 2 heterocycles. The Morgan fingerprint density at radius 2 is 1.73 bits per heavy atom. The van der Waals surface area contributed by atoms with Gasteiger partial charge in [-0.25, -0.2) is 0 Å². The van der Waals surface area contributed by atoms with E-state index in [1.165, 1.54) is 30.7 Å². The van der Waals surface area contributed by atoms with E-state index in [1.807, 2.05) is 24.3 Å². The number of anilines is 1. The minimum absolute atomic E-state index is 0.600. The van der Waals surface area contributed by atoms with Crippen LogP contribution in [0.2, 0.25) is 0 Å². The number of aliphatic hydroxyl groups is 1. The van der Waals surface area contributed by atoms with Gasteiger partial charge in [0.05, 0.1) is 13.7 Å². The first kappa shape index (κ1) is 17.1. The Balaban J connectivity index is 1.80. The fourth-order valence-corrected chi connectivity index (χ4v) is 4.16. The normalized spacial score (nSPS) is 23.0. The average molecular weight is 351 g/mol. The molecule has 0 saturated heterocycles. The molecule has 26 heavy (non-hydrogen) atoms. The molecule has 2 aliphatic heterocycles. The summed E-state index contributed by atoms with van der Waals surface area (Å²) in [4.78, 5) is 2.15. The van der Waals surface area contributed by atoms with Gasteiger partial charge in [0.1, 0.15) is 11.4 Å². The number of amidine groups is 1. The minimum Gasteiger partial charge on any atom is -0.497 e. The Bertz CT molecular complexity index is 811. The molecule has 136 valence electrons. The predicted molar refractivity (Wildman–Crippen MR) is 104 cm³/mol. The quantitative estimate of drug-likeness (QED) is 0.858. The first-order valence-corrected chi connectivity index (χ1v) is 9.46. The van der Waals surface area contributed by atoms with E-state index < -0.39 is 5.72 Å². The summed E-state index contributed by atoms with van der Waals surface area (Å²) in [6.07, 6.45) is 4.62. The highest BCUT2D eigenvalue weighted by Gasteiger charge is 2.53. The van der Waals surface area contributed by atoms with E-state index >= 15 is 0 Å². The van der Waals surface area contributed by atoms with Crippen LogP contribution in [0, 0.1) is 6.92 Å². The molecule has 1 atom stereocenters. The van der Waals surface area contributed by atoms with Crippen molar-refractivity contribution in [3.05, 3.63) is 59.7 Å². The summed E-state index contributed by atoms with van der Waals surface area (Å²) in [5, 5.41) is 11.9. The molecule has 1 N–H and O–H groups in total. The molecule has 0 amide bonds. The van der Waals surface area contributed by atoms with Crippen LogP contribution in [0.15, 0.2) is 48.5 Å². The Labute approximate surface area is 155 Å². The Morgan fingerprint density at radius 3 is 2.42 bits per heavy atom. The van der Waals surface area contributed by atoms with E-state index in [9.17, 15) is 5.11 Å². The highest BCUT2D eigenvalue weighted by molar-refractivity contribution is 5.97. The van der Waals surface area contributed by atoms with Gasteiger partial charge in [-0.2, -0.15) is 4.90 Å². The fourth-order valence-electron chi connectivity index (χ4n) is 4.16. The van der Waals surface area contributed by atoms with Gasteiger partial charge in [-0.3, -0.25) is 4.58 Å². The fraction of sp³-hybridized carbons (Fsp3) is 0.409. The molecule has 4 nitrogen and oxygen atoms in total. The van der Waals surface area contributed by atoms with Gasteiger partial charge in [-0.1, -0.05) is 17.7 Å². The van der Waals surface area contributed by atoms with Crippen LogP contribution in [0.4, 0.5) is 5.69 Å².